The van der Waals surface area contributed by atoms with Crippen molar-refractivity contribution in [2.45, 2.75) is 43.7 Å². The van der Waals surface area contributed by atoms with Gasteiger partial charge in [0.1, 0.15) is 17.6 Å². The number of aryl methyl sites for hydroxylation is 1. The van der Waals surface area contributed by atoms with Gasteiger partial charge in [-0.05, 0) is 62.6 Å². The molecule has 164 valence electrons. The molecule has 2 amide bonds. The molecule has 0 spiro atoms. The number of carbonyl (C=O) groups is 2. The molecule has 8 nitrogen and oxygen atoms in total. The Morgan fingerprint density at radius 3 is 2.68 bits per heavy atom. The average molecular weight is 447 g/mol. The predicted octanol–water partition coefficient (Wildman–Crippen LogP) is 2.65. The summed E-state index contributed by atoms with van der Waals surface area (Å²) in [7, 11) is -4.01. The third kappa shape index (κ3) is 4.00. The summed E-state index contributed by atoms with van der Waals surface area (Å²) in [6, 6.07) is 7.33. The van der Waals surface area contributed by atoms with Gasteiger partial charge in [-0.15, -0.1) is 0 Å². The summed E-state index contributed by atoms with van der Waals surface area (Å²) < 4.78 is 46.7. The zero-order chi connectivity index (χ0) is 22.3. The van der Waals surface area contributed by atoms with Crippen molar-refractivity contribution in [2.75, 3.05) is 17.2 Å². The highest BCUT2D eigenvalue weighted by molar-refractivity contribution is 7.89. The Balaban J connectivity index is 1.62. The molecule has 0 aromatic heterocycles. The molecule has 0 radical (unpaired) electrons. The first-order chi connectivity index (χ1) is 14.7. The van der Waals surface area contributed by atoms with Crippen LogP contribution in [0.5, 0.6) is 5.75 Å². The predicted molar refractivity (Wildman–Crippen MR) is 112 cm³/mol. The van der Waals surface area contributed by atoms with Crippen molar-refractivity contribution in [3.63, 3.8) is 0 Å². The second-order valence-electron chi connectivity index (χ2n) is 7.63. The number of carbonyl (C=O) groups excluding carboxylic acids is 2. The van der Waals surface area contributed by atoms with Gasteiger partial charge in [0.2, 0.25) is 15.9 Å². The Bertz CT molecular complexity index is 1150. The molecule has 2 aromatic carbocycles. The van der Waals surface area contributed by atoms with E-state index in [1.54, 1.807) is 19.9 Å². The maximum Gasteiger partial charge on any atom is 0.265 e. The smallest absolute Gasteiger partial charge is 0.265 e. The molecule has 0 bridgehead atoms. The van der Waals surface area contributed by atoms with Crippen molar-refractivity contribution < 1.29 is 27.1 Å². The van der Waals surface area contributed by atoms with Crippen LogP contribution in [0, 0.1) is 12.7 Å². The number of sulfonamides is 1. The molecular formula is C21H22FN3O5S. The van der Waals surface area contributed by atoms with Crippen molar-refractivity contribution in [3.8, 4) is 5.75 Å². The lowest BCUT2D eigenvalue weighted by Crippen LogP contribution is -2.43. The maximum atomic E-state index is 13.5. The van der Waals surface area contributed by atoms with Gasteiger partial charge in [0.25, 0.3) is 5.91 Å². The second kappa shape index (κ2) is 7.93. The van der Waals surface area contributed by atoms with Crippen molar-refractivity contribution in [1.29, 1.82) is 0 Å². The van der Waals surface area contributed by atoms with Gasteiger partial charge in [-0.1, -0.05) is 0 Å². The van der Waals surface area contributed by atoms with Crippen molar-refractivity contribution >= 4 is 33.2 Å². The summed E-state index contributed by atoms with van der Waals surface area (Å²) in [5.41, 5.74) is 1.23. The number of hydrogen-bond acceptors (Lipinski definition) is 5. The fourth-order valence-corrected chi connectivity index (χ4v) is 5.68. The number of benzene rings is 2. The topological polar surface area (TPSA) is 105 Å². The summed E-state index contributed by atoms with van der Waals surface area (Å²) in [6.07, 6.45) is 0.167. The first kappa shape index (κ1) is 21.3. The summed E-state index contributed by atoms with van der Waals surface area (Å²) >= 11 is 0. The van der Waals surface area contributed by atoms with E-state index in [9.17, 15) is 22.4 Å². The van der Waals surface area contributed by atoms with E-state index in [2.05, 4.69) is 10.6 Å². The fraction of sp³-hybridized carbons (Fsp3) is 0.333. The highest BCUT2D eigenvalue weighted by atomic mass is 32.2. The number of ether oxygens (including phenoxy) is 1. The number of nitrogens with zero attached hydrogens (tertiary/aromatic N) is 1. The van der Waals surface area contributed by atoms with E-state index in [0.29, 0.717) is 29.8 Å². The number of rotatable bonds is 4. The molecule has 2 atom stereocenters. The van der Waals surface area contributed by atoms with Crippen LogP contribution < -0.4 is 15.4 Å². The van der Waals surface area contributed by atoms with Gasteiger partial charge in [-0.25, -0.2) is 12.8 Å². The molecule has 0 unspecified atom stereocenters. The molecule has 2 heterocycles. The van der Waals surface area contributed by atoms with Gasteiger partial charge in [0.05, 0.1) is 10.6 Å². The summed E-state index contributed by atoms with van der Waals surface area (Å²) in [5, 5.41) is 5.35. The maximum absolute atomic E-state index is 13.5. The van der Waals surface area contributed by atoms with Crippen LogP contribution in [0.3, 0.4) is 0 Å². The van der Waals surface area contributed by atoms with Gasteiger partial charge in [-0.3, -0.25) is 9.59 Å². The van der Waals surface area contributed by atoms with E-state index in [1.165, 1.54) is 34.6 Å². The number of fused-ring (bicyclic) bond motifs is 1. The second-order valence-corrected chi connectivity index (χ2v) is 9.49. The lowest BCUT2D eigenvalue weighted by molar-refractivity contribution is -0.122. The van der Waals surface area contributed by atoms with Crippen LogP contribution in [-0.2, 0) is 19.6 Å². The Kier molecular flexibility index (Phi) is 5.44. The zero-order valence-electron chi connectivity index (χ0n) is 17.0. The van der Waals surface area contributed by atoms with Crippen LogP contribution in [0.15, 0.2) is 41.3 Å². The number of anilines is 2. The van der Waals surface area contributed by atoms with Crippen molar-refractivity contribution in [1.82, 2.24) is 4.31 Å². The van der Waals surface area contributed by atoms with E-state index in [4.69, 9.17) is 4.74 Å². The highest BCUT2D eigenvalue weighted by Crippen LogP contribution is 2.37. The molecule has 2 N–H and O–H groups in total. The van der Waals surface area contributed by atoms with Gasteiger partial charge in [-0.2, -0.15) is 4.31 Å². The number of amides is 2. The molecule has 4 rings (SSSR count). The van der Waals surface area contributed by atoms with Crippen LogP contribution in [0.2, 0.25) is 0 Å². The van der Waals surface area contributed by atoms with Gasteiger partial charge in [0.15, 0.2) is 6.10 Å². The Labute approximate surface area is 179 Å². The Morgan fingerprint density at radius 1 is 1.26 bits per heavy atom. The number of hydrogen-bond donors (Lipinski definition) is 2. The standard InChI is InChI=1S/C21H22FN3O5S/c1-12-10-16-18(30-13(2)20(26)24-16)11-19(12)31(28,29)25-9-3-4-17(25)21(27)23-15-7-5-14(22)6-8-15/h5-8,10-11,13,17H,3-4,9H2,1-2H3,(H,23,27)(H,24,26)/t13-,17-/m1/s1. The van der Waals surface area contributed by atoms with Crippen LogP contribution in [0.25, 0.3) is 0 Å². The molecule has 1 fully saturated rings. The molecule has 10 heteroatoms. The van der Waals surface area contributed by atoms with Gasteiger partial charge < -0.3 is 15.4 Å². The van der Waals surface area contributed by atoms with Gasteiger partial charge >= 0.3 is 0 Å². The van der Waals surface area contributed by atoms with Crippen molar-refractivity contribution in [3.05, 3.63) is 47.8 Å². The number of nitrogens with one attached hydrogen (secondary N) is 2. The van der Waals surface area contributed by atoms with Crippen LogP contribution >= 0.6 is 0 Å². The lowest BCUT2D eigenvalue weighted by atomic mass is 10.1. The minimum atomic E-state index is -4.01. The van der Waals surface area contributed by atoms with E-state index in [1.807, 2.05) is 0 Å². The molecule has 2 aromatic rings. The fourth-order valence-electron chi connectivity index (χ4n) is 3.80. The first-order valence-corrected chi connectivity index (χ1v) is 11.3. The summed E-state index contributed by atoms with van der Waals surface area (Å²) in [4.78, 5) is 24.6. The van der Waals surface area contributed by atoms with E-state index < -0.39 is 33.9 Å². The minimum Gasteiger partial charge on any atom is -0.479 e. The average Bonchev–Trinajstić information content (AvgIpc) is 3.21. The molecule has 1 saturated heterocycles. The molecule has 2 aliphatic heterocycles. The Morgan fingerprint density at radius 2 is 1.97 bits per heavy atom. The van der Waals surface area contributed by atoms with Gasteiger partial charge in [0, 0.05) is 18.3 Å². The summed E-state index contributed by atoms with van der Waals surface area (Å²) in [5.74, 6) is -0.943. The SMILES string of the molecule is Cc1cc2c(cc1S(=O)(=O)N1CCC[C@@H]1C(=O)Nc1ccc(F)cc1)O[C@H](C)C(=O)N2. The summed E-state index contributed by atoms with van der Waals surface area (Å²) in [6.45, 7) is 3.40. The van der Waals surface area contributed by atoms with E-state index in [-0.39, 0.29) is 23.1 Å². The molecule has 0 saturated carbocycles. The molecule has 31 heavy (non-hydrogen) atoms. The first-order valence-electron chi connectivity index (χ1n) is 9.87. The van der Waals surface area contributed by atoms with Crippen LogP contribution in [-0.4, -0.2) is 43.2 Å². The quantitative estimate of drug-likeness (QED) is 0.750. The highest BCUT2D eigenvalue weighted by Gasteiger charge is 2.40. The monoisotopic (exact) mass is 447 g/mol. The van der Waals surface area contributed by atoms with Crippen LogP contribution in [0.1, 0.15) is 25.3 Å². The van der Waals surface area contributed by atoms with Crippen molar-refractivity contribution in [2.24, 2.45) is 0 Å². The minimum absolute atomic E-state index is 0.0241. The molecule has 0 aliphatic carbocycles. The van der Waals surface area contributed by atoms with E-state index in [0.717, 1.165) is 0 Å². The normalized spacial score (nSPS) is 21.2. The number of halogens is 1. The zero-order valence-corrected chi connectivity index (χ0v) is 17.8. The molecular weight excluding hydrogens is 425 g/mol. The lowest BCUT2D eigenvalue weighted by Gasteiger charge is -2.27. The molecule has 2 aliphatic rings. The van der Waals surface area contributed by atoms with Crippen LogP contribution in [0.4, 0.5) is 15.8 Å². The Hall–Kier alpha value is -2.98. The third-order valence-electron chi connectivity index (χ3n) is 5.41. The van der Waals surface area contributed by atoms with E-state index >= 15 is 0 Å². The largest absolute Gasteiger partial charge is 0.479 e. The third-order valence-corrected chi connectivity index (χ3v) is 7.46.